The topological polar surface area (TPSA) is 4.93 Å². The first-order valence-corrected chi connectivity index (χ1v) is 14.7. The highest BCUT2D eigenvalue weighted by Gasteiger charge is 2.19. The van der Waals surface area contributed by atoms with Crippen LogP contribution in [0.3, 0.4) is 0 Å². The first-order valence-electron chi connectivity index (χ1n) is 14.7. The Hall–Kier alpha value is -3.32. The summed E-state index contributed by atoms with van der Waals surface area (Å²) in [6.07, 6.45) is 1.10. The minimum Gasteiger partial charge on any atom is -0.335 e. The van der Waals surface area contributed by atoms with Gasteiger partial charge in [0.05, 0.1) is 0 Å². The minimum absolute atomic E-state index is 0.0999. The van der Waals surface area contributed by atoms with Crippen LogP contribution in [0.1, 0.15) is 87.3 Å². The third-order valence-corrected chi connectivity index (χ3v) is 5.96. The molecule has 0 amide bonds. The standard InChI is InChI=1S/C16H17N.C13H10.C5H12.2C2H6/c1-16(2,3)17-14-10-6-4-8-12(14)13-9-5-7-11-15(13)17;1-3-7-12-10(5-1)9-11-6-2-4-8-13(11)12;1-5(2,3)4;2*1-2/h4-11H,1-3H3;1-8H,9H2;1-4H3;2*1-2H3. The van der Waals surface area contributed by atoms with Crippen LogP contribution in [0.5, 0.6) is 0 Å². The van der Waals surface area contributed by atoms with Gasteiger partial charge in [0.2, 0.25) is 0 Å². The lowest BCUT2D eigenvalue weighted by molar-refractivity contribution is 0.423. The van der Waals surface area contributed by atoms with E-state index < -0.39 is 0 Å². The lowest BCUT2D eigenvalue weighted by Gasteiger charge is -2.24. The van der Waals surface area contributed by atoms with Crippen molar-refractivity contribution < 1.29 is 0 Å². The predicted octanol–water partition coefficient (Wildman–Crippen LogP) is 11.9. The van der Waals surface area contributed by atoms with E-state index in [1.165, 1.54) is 44.1 Å². The molecule has 1 aliphatic carbocycles. The zero-order chi connectivity index (χ0) is 29.2. The highest BCUT2D eigenvalue weighted by Crippen LogP contribution is 2.36. The number of rotatable bonds is 0. The molecule has 0 radical (unpaired) electrons. The maximum Gasteiger partial charge on any atom is 0.0496 e. The summed E-state index contributed by atoms with van der Waals surface area (Å²) < 4.78 is 2.43. The Morgan fingerprint density at radius 2 is 0.769 bits per heavy atom. The molecule has 0 N–H and O–H groups in total. The third-order valence-electron chi connectivity index (χ3n) is 5.96. The smallest absolute Gasteiger partial charge is 0.0496 e. The average molecular weight is 522 g/mol. The number of nitrogens with zero attached hydrogens (tertiary/aromatic N) is 1. The Bertz CT molecular complexity index is 1330. The van der Waals surface area contributed by atoms with E-state index in [0.29, 0.717) is 5.41 Å². The summed E-state index contributed by atoms with van der Waals surface area (Å²) >= 11 is 0. The molecule has 0 spiro atoms. The van der Waals surface area contributed by atoms with Gasteiger partial charge in [0.1, 0.15) is 0 Å². The van der Waals surface area contributed by atoms with Gasteiger partial charge in [-0.1, -0.05) is 140 Å². The molecule has 0 unspecified atom stereocenters. The van der Waals surface area contributed by atoms with Crippen LogP contribution < -0.4 is 0 Å². The summed E-state index contributed by atoms with van der Waals surface area (Å²) in [4.78, 5) is 0. The summed E-state index contributed by atoms with van der Waals surface area (Å²) in [5, 5.41) is 2.69. The lowest BCUT2D eigenvalue weighted by atomic mass is 10.0. The zero-order valence-corrected chi connectivity index (χ0v) is 26.4. The van der Waals surface area contributed by atoms with Gasteiger partial charge in [-0.2, -0.15) is 0 Å². The van der Waals surface area contributed by atoms with E-state index in [1.807, 2.05) is 27.7 Å². The first kappa shape index (κ1) is 31.9. The fourth-order valence-corrected chi connectivity index (χ4v) is 4.72. The Kier molecular flexibility index (Phi) is 11.6. The maximum atomic E-state index is 2.43. The summed E-state index contributed by atoms with van der Waals surface area (Å²) in [5.74, 6) is 0. The van der Waals surface area contributed by atoms with E-state index in [4.69, 9.17) is 0 Å². The van der Waals surface area contributed by atoms with E-state index in [1.54, 1.807) is 0 Å². The number of fused-ring (bicyclic) bond motifs is 6. The van der Waals surface area contributed by atoms with Crippen LogP contribution in [0, 0.1) is 5.41 Å². The van der Waals surface area contributed by atoms with Gasteiger partial charge in [-0.3, -0.25) is 0 Å². The minimum atomic E-state index is 0.0999. The van der Waals surface area contributed by atoms with E-state index in [0.717, 1.165) is 6.42 Å². The fraction of sp³-hybridized carbons (Fsp3) is 0.368. The molecular weight excluding hydrogens is 470 g/mol. The number of hydrogen-bond donors (Lipinski definition) is 0. The van der Waals surface area contributed by atoms with Gasteiger partial charge in [0.25, 0.3) is 0 Å². The molecule has 0 atom stereocenters. The average Bonchev–Trinajstić information content (AvgIpc) is 3.46. The molecule has 0 aliphatic heterocycles. The molecule has 1 aliphatic rings. The van der Waals surface area contributed by atoms with E-state index in [9.17, 15) is 0 Å². The number of hydrogen-bond acceptors (Lipinski definition) is 0. The van der Waals surface area contributed by atoms with Crippen molar-refractivity contribution in [2.24, 2.45) is 5.41 Å². The van der Waals surface area contributed by atoms with Crippen molar-refractivity contribution in [3.05, 3.63) is 108 Å². The molecule has 1 nitrogen and oxygen atoms in total. The monoisotopic (exact) mass is 521 g/mol. The van der Waals surface area contributed by atoms with Crippen LogP contribution in [0.15, 0.2) is 97.1 Å². The van der Waals surface area contributed by atoms with Gasteiger partial charge in [-0.15, -0.1) is 0 Å². The summed E-state index contributed by atoms with van der Waals surface area (Å²) in [7, 11) is 0. The second kappa shape index (κ2) is 14.2. The molecular formula is C38H51N. The molecule has 39 heavy (non-hydrogen) atoms. The van der Waals surface area contributed by atoms with Crippen molar-refractivity contribution in [1.82, 2.24) is 4.57 Å². The van der Waals surface area contributed by atoms with Crippen molar-refractivity contribution in [2.75, 3.05) is 0 Å². The van der Waals surface area contributed by atoms with E-state index in [2.05, 4.69) is 150 Å². The number of benzene rings is 4. The third kappa shape index (κ3) is 8.33. The molecule has 6 rings (SSSR count). The van der Waals surface area contributed by atoms with Crippen molar-refractivity contribution in [3.63, 3.8) is 0 Å². The molecule has 0 saturated heterocycles. The van der Waals surface area contributed by atoms with Crippen molar-refractivity contribution in [2.45, 2.75) is 88.1 Å². The van der Waals surface area contributed by atoms with Crippen molar-refractivity contribution in [3.8, 4) is 11.1 Å². The Labute approximate surface area is 238 Å². The van der Waals surface area contributed by atoms with Crippen LogP contribution in [0.4, 0.5) is 0 Å². The van der Waals surface area contributed by atoms with Crippen LogP contribution in [-0.4, -0.2) is 4.57 Å². The number of aromatic nitrogens is 1. The number of para-hydroxylation sites is 2. The SMILES string of the molecule is CC.CC.CC(C)(C)C.CC(C)(C)n1c2ccccc2c2ccccc21.c1ccc2c(c1)Cc1ccccc1-2. The molecule has 208 valence electrons. The molecule has 1 aromatic heterocycles. The van der Waals surface area contributed by atoms with Crippen LogP contribution in [0.2, 0.25) is 0 Å². The van der Waals surface area contributed by atoms with Gasteiger partial charge in [0.15, 0.2) is 0 Å². The van der Waals surface area contributed by atoms with Gasteiger partial charge in [-0.25, -0.2) is 0 Å². The fourth-order valence-electron chi connectivity index (χ4n) is 4.72. The van der Waals surface area contributed by atoms with Crippen molar-refractivity contribution in [1.29, 1.82) is 0 Å². The van der Waals surface area contributed by atoms with Gasteiger partial charge >= 0.3 is 0 Å². The predicted molar refractivity (Wildman–Crippen MR) is 177 cm³/mol. The second-order valence-corrected chi connectivity index (χ2v) is 12.0. The van der Waals surface area contributed by atoms with Crippen molar-refractivity contribution >= 4 is 21.8 Å². The maximum absolute atomic E-state index is 2.43. The molecule has 0 bridgehead atoms. The molecule has 4 aromatic carbocycles. The Morgan fingerprint density at radius 3 is 1.13 bits per heavy atom. The van der Waals surface area contributed by atoms with Crippen LogP contribution in [0.25, 0.3) is 32.9 Å². The van der Waals surface area contributed by atoms with Crippen LogP contribution >= 0.6 is 0 Å². The van der Waals surface area contributed by atoms with Crippen LogP contribution in [-0.2, 0) is 12.0 Å². The Balaban J connectivity index is 0.000000215. The molecule has 1 heteroatoms. The lowest BCUT2D eigenvalue weighted by Crippen LogP contribution is -2.21. The first-order chi connectivity index (χ1) is 18.5. The quantitative estimate of drug-likeness (QED) is 0.187. The highest BCUT2D eigenvalue weighted by molar-refractivity contribution is 6.08. The highest BCUT2D eigenvalue weighted by atomic mass is 15.0. The second-order valence-electron chi connectivity index (χ2n) is 12.0. The van der Waals surface area contributed by atoms with Gasteiger partial charge in [-0.05, 0) is 67.0 Å². The molecule has 0 fully saturated rings. The van der Waals surface area contributed by atoms with Gasteiger partial charge < -0.3 is 4.57 Å². The zero-order valence-electron chi connectivity index (χ0n) is 26.4. The van der Waals surface area contributed by atoms with E-state index >= 15 is 0 Å². The molecule has 1 heterocycles. The Morgan fingerprint density at radius 1 is 0.462 bits per heavy atom. The largest absolute Gasteiger partial charge is 0.335 e. The normalized spacial score (nSPS) is 11.4. The summed E-state index contributed by atoms with van der Waals surface area (Å²) in [6.45, 7) is 23.5. The van der Waals surface area contributed by atoms with Gasteiger partial charge in [0, 0.05) is 27.3 Å². The summed E-state index contributed by atoms with van der Waals surface area (Å²) in [5.41, 5.74) is 8.99. The summed E-state index contributed by atoms with van der Waals surface area (Å²) in [6, 6.07) is 34.6. The van der Waals surface area contributed by atoms with E-state index in [-0.39, 0.29) is 5.54 Å². The molecule has 0 saturated carbocycles. The molecule has 5 aromatic rings.